The molecule has 4 nitrogen and oxygen atoms in total. The van der Waals surface area contributed by atoms with Crippen LogP contribution < -0.4 is 5.73 Å². The third-order valence-electron chi connectivity index (χ3n) is 2.91. The van der Waals surface area contributed by atoms with Crippen molar-refractivity contribution in [2.45, 2.75) is 19.4 Å². The van der Waals surface area contributed by atoms with Crippen LogP contribution in [0, 0.1) is 0 Å². The number of benzene rings is 1. The van der Waals surface area contributed by atoms with E-state index in [4.69, 9.17) is 10.2 Å². The minimum Gasteiger partial charge on any atom is -0.464 e. The van der Waals surface area contributed by atoms with Gasteiger partial charge in [-0.05, 0) is 12.5 Å². The largest absolute Gasteiger partial charge is 0.464 e. The van der Waals surface area contributed by atoms with Gasteiger partial charge in [-0.3, -0.25) is 0 Å². The number of hydrogen-bond acceptors (Lipinski definition) is 5. The van der Waals surface area contributed by atoms with E-state index < -0.39 is 0 Å². The van der Waals surface area contributed by atoms with Crippen LogP contribution in [0.15, 0.2) is 34.9 Å². The smallest absolute Gasteiger partial charge is 0.151 e. The molecule has 0 spiro atoms. The fourth-order valence-electron chi connectivity index (χ4n) is 1.81. The zero-order valence-corrected chi connectivity index (χ0v) is 10.8. The van der Waals surface area contributed by atoms with E-state index in [2.05, 4.69) is 10.2 Å². The van der Waals surface area contributed by atoms with Gasteiger partial charge < -0.3 is 10.2 Å². The van der Waals surface area contributed by atoms with Crippen LogP contribution >= 0.6 is 11.3 Å². The zero-order chi connectivity index (χ0) is 12.5. The predicted octanol–water partition coefficient (Wildman–Crippen LogP) is 3.36. The maximum atomic E-state index is 5.96. The van der Waals surface area contributed by atoms with Crippen LogP contribution in [0.3, 0.4) is 0 Å². The summed E-state index contributed by atoms with van der Waals surface area (Å²) in [5.74, 6) is 0. The van der Waals surface area contributed by atoms with Crippen molar-refractivity contribution in [1.29, 1.82) is 0 Å². The highest BCUT2D eigenvalue weighted by molar-refractivity contribution is 7.14. The molecule has 3 rings (SSSR count). The molecule has 1 atom stereocenters. The molecule has 0 fully saturated rings. The molecule has 5 heteroatoms. The molecule has 3 aromatic rings. The molecular formula is C13H13N3OS. The molecule has 1 aromatic carbocycles. The SMILES string of the molecule is CCC(N)c1nnc(-c2coc3ccccc23)s1. The van der Waals surface area contributed by atoms with Crippen molar-refractivity contribution in [2.24, 2.45) is 5.73 Å². The fourth-order valence-corrected chi connectivity index (χ4v) is 2.76. The lowest BCUT2D eigenvalue weighted by atomic mass is 10.2. The van der Waals surface area contributed by atoms with Gasteiger partial charge in [-0.1, -0.05) is 36.5 Å². The van der Waals surface area contributed by atoms with Gasteiger partial charge in [0.05, 0.1) is 11.6 Å². The highest BCUT2D eigenvalue weighted by Crippen LogP contribution is 2.33. The summed E-state index contributed by atoms with van der Waals surface area (Å²) >= 11 is 1.53. The Morgan fingerprint density at radius 3 is 3.00 bits per heavy atom. The van der Waals surface area contributed by atoms with Crippen LogP contribution in [0.2, 0.25) is 0 Å². The Balaban J connectivity index is 2.07. The lowest BCUT2D eigenvalue weighted by molar-refractivity contribution is 0.617. The van der Waals surface area contributed by atoms with Crippen molar-refractivity contribution >= 4 is 22.3 Å². The van der Waals surface area contributed by atoms with Gasteiger partial charge >= 0.3 is 0 Å². The quantitative estimate of drug-likeness (QED) is 0.783. The van der Waals surface area contributed by atoms with Crippen molar-refractivity contribution in [2.75, 3.05) is 0 Å². The van der Waals surface area contributed by atoms with Gasteiger partial charge in [0.2, 0.25) is 0 Å². The Labute approximate surface area is 108 Å². The molecule has 0 saturated heterocycles. The van der Waals surface area contributed by atoms with E-state index in [1.165, 1.54) is 11.3 Å². The van der Waals surface area contributed by atoms with Crippen molar-refractivity contribution in [3.8, 4) is 10.6 Å². The van der Waals surface area contributed by atoms with Crippen LogP contribution in [0.5, 0.6) is 0 Å². The molecule has 0 radical (unpaired) electrons. The van der Waals surface area contributed by atoms with E-state index >= 15 is 0 Å². The Morgan fingerprint density at radius 2 is 2.17 bits per heavy atom. The standard InChI is InChI=1S/C13H13N3OS/c1-2-10(14)13-16-15-12(18-13)9-7-17-11-6-4-3-5-8(9)11/h3-7,10H,2,14H2,1H3. The maximum absolute atomic E-state index is 5.96. The molecule has 2 aromatic heterocycles. The molecule has 0 aliphatic rings. The minimum absolute atomic E-state index is 0.0329. The number of hydrogen-bond donors (Lipinski definition) is 1. The molecule has 2 N–H and O–H groups in total. The van der Waals surface area contributed by atoms with E-state index in [0.717, 1.165) is 33.0 Å². The number of fused-ring (bicyclic) bond motifs is 1. The highest BCUT2D eigenvalue weighted by Gasteiger charge is 2.15. The van der Waals surface area contributed by atoms with Crippen LogP contribution in [0.4, 0.5) is 0 Å². The first-order valence-corrected chi connectivity index (χ1v) is 6.67. The molecule has 18 heavy (non-hydrogen) atoms. The average Bonchev–Trinajstić information content (AvgIpc) is 3.03. The summed E-state index contributed by atoms with van der Waals surface area (Å²) < 4.78 is 5.51. The van der Waals surface area contributed by atoms with Gasteiger partial charge in [0.25, 0.3) is 0 Å². The van der Waals surface area contributed by atoms with Gasteiger partial charge in [-0.2, -0.15) is 0 Å². The lowest BCUT2D eigenvalue weighted by Gasteiger charge is -2.00. The molecule has 0 aliphatic heterocycles. The Bertz CT molecular complexity index is 673. The van der Waals surface area contributed by atoms with Crippen molar-refractivity contribution < 1.29 is 4.42 Å². The normalized spacial score (nSPS) is 13.0. The van der Waals surface area contributed by atoms with Gasteiger partial charge in [0.1, 0.15) is 16.9 Å². The Kier molecular flexibility index (Phi) is 2.85. The molecule has 1 unspecified atom stereocenters. The summed E-state index contributed by atoms with van der Waals surface area (Å²) in [5.41, 5.74) is 7.81. The molecule has 92 valence electrons. The zero-order valence-electron chi connectivity index (χ0n) is 9.96. The van der Waals surface area contributed by atoms with Crippen molar-refractivity contribution in [1.82, 2.24) is 10.2 Å². The van der Waals surface area contributed by atoms with Gasteiger partial charge in [-0.25, -0.2) is 0 Å². The van der Waals surface area contributed by atoms with E-state index in [1.54, 1.807) is 6.26 Å². The summed E-state index contributed by atoms with van der Waals surface area (Å²) in [5, 5.41) is 11.2. The molecule has 0 bridgehead atoms. The van der Waals surface area contributed by atoms with Crippen LogP contribution in [-0.2, 0) is 0 Å². The van der Waals surface area contributed by atoms with Crippen LogP contribution in [0.1, 0.15) is 24.4 Å². The first-order chi connectivity index (χ1) is 8.79. The first-order valence-electron chi connectivity index (χ1n) is 5.85. The number of nitrogens with two attached hydrogens (primary N) is 1. The van der Waals surface area contributed by atoms with E-state index in [1.807, 2.05) is 31.2 Å². The topological polar surface area (TPSA) is 64.9 Å². The number of rotatable bonds is 3. The number of para-hydroxylation sites is 1. The Morgan fingerprint density at radius 1 is 1.33 bits per heavy atom. The fraction of sp³-hybridized carbons (Fsp3) is 0.231. The second kappa shape index (κ2) is 4.51. The predicted molar refractivity (Wildman–Crippen MR) is 72.3 cm³/mol. The summed E-state index contributed by atoms with van der Waals surface area (Å²) in [6, 6.07) is 7.87. The summed E-state index contributed by atoms with van der Waals surface area (Å²) in [4.78, 5) is 0. The second-order valence-electron chi connectivity index (χ2n) is 4.11. The van der Waals surface area contributed by atoms with E-state index in [0.29, 0.717) is 0 Å². The highest BCUT2D eigenvalue weighted by atomic mass is 32.1. The maximum Gasteiger partial charge on any atom is 0.151 e. The monoisotopic (exact) mass is 259 g/mol. The summed E-state index contributed by atoms with van der Waals surface area (Å²) in [6.45, 7) is 2.04. The number of nitrogens with zero attached hydrogens (tertiary/aromatic N) is 2. The van der Waals surface area contributed by atoms with Gasteiger partial charge in [-0.15, -0.1) is 10.2 Å². The molecule has 0 aliphatic carbocycles. The molecule has 2 heterocycles. The first kappa shape index (κ1) is 11.4. The van der Waals surface area contributed by atoms with Crippen LogP contribution in [-0.4, -0.2) is 10.2 Å². The minimum atomic E-state index is -0.0329. The van der Waals surface area contributed by atoms with Gasteiger partial charge in [0.15, 0.2) is 5.01 Å². The van der Waals surface area contributed by atoms with Crippen molar-refractivity contribution in [3.05, 3.63) is 35.5 Å². The summed E-state index contributed by atoms with van der Waals surface area (Å²) in [7, 11) is 0. The average molecular weight is 259 g/mol. The number of aromatic nitrogens is 2. The van der Waals surface area contributed by atoms with Crippen molar-refractivity contribution in [3.63, 3.8) is 0 Å². The lowest BCUT2D eigenvalue weighted by Crippen LogP contribution is -2.07. The summed E-state index contributed by atoms with van der Waals surface area (Å²) in [6.07, 6.45) is 2.59. The molecule has 0 saturated carbocycles. The Hall–Kier alpha value is -1.72. The van der Waals surface area contributed by atoms with E-state index in [9.17, 15) is 0 Å². The molecular weight excluding hydrogens is 246 g/mol. The second-order valence-corrected chi connectivity index (χ2v) is 5.11. The third kappa shape index (κ3) is 1.81. The molecule has 0 amide bonds. The van der Waals surface area contributed by atoms with Crippen LogP contribution in [0.25, 0.3) is 21.5 Å². The van der Waals surface area contributed by atoms with E-state index in [-0.39, 0.29) is 6.04 Å². The number of furan rings is 1. The third-order valence-corrected chi connectivity index (χ3v) is 4.00. The van der Waals surface area contributed by atoms with Gasteiger partial charge in [0, 0.05) is 5.39 Å².